The molecule has 7 aromatic rings. The number of carbonyl (C=O) groups is 5. The first-order valence-corrected chi connectivity index (χ1v) is 22.2. The molecule has 368 valence electrons. The smallest absolute Gasteiger partial charge is 0.344 e. The van der Waals surface area contributed by atoms with Crippen LogP contribution in [0.25, 0.3) is 22.3 Å². The fraction of sp³-hybridized carbons (Fsp3) is 0.185. The summed E-state index contributed by atoms with van der Waals surface area (Å²) in [4.78, 5) is 82.8. The van der Waals surface area contributed by atoms with E-state index in [0.717, 1.165) is 12.1 Å². The molecule has 0 radical (unpaired) electrons. The van der Waals surface area contributed by atoms with E-state index in [0.29, 0.717) is 0 Å². The highest BCUT2D eigenvalue weighted by atomic mass is 16.7. The molecule has 18 nitrogen and oxygen atoms in total. The first-order chi connectivity index (χ1) is 34.9. The molecule has 18 heteroatoms. The second-order valence-electron chi connectivity index (χ2n) is 15.7. The Kier molecular flexibility index (Phi) is 15.4. The summed E-state index contributed by atoms with van der Waals surface area (Å²) in [6.45, 7) is 0.219. The Morgan fingerprint density at radius 3 is 1.65 bits per heavy atom. The minimum Gasteiger partial charge on any atom is -0.504 e. The van der Waals surface area contributed by atoms with Gasteiger partial charge in [0.2, 0.25) is 23.6 Å². The molecular formula is C54H44O18. The number of carbonyl (C=O) groups excluding carboxylic acids is 5. The molecule has 1 fully saturated rings. The van der Waals surface area contributed by atoms with E-state index in [1.54, 1.807) is 79.7 Å². The van der Waals surface area contributed by atoms with E-state index in [4.69, 9.17) is 47.0 Å². The molecule has 2 unspecified atom stereocenters. The lowest BCUT2D eigenvalue weighted by atomic mass is 9.97. The molecule has 0 spiro atoms. The van der Waals surface area contributed by atoms with E-state index in [9.17, 15) is 39.0 Å². The predicted molar refractivity (Wildman–Crippen MR) is 253 cm³/mol. The Balaban J connectivity index is 1.29. The second-order valence-corrected chi connectivity index (χ2v) is 15.7. The lowest BCUT2D eigenvalue weighted by Gasteiger charge is -2.44. The Labute approximate surface area is 409 Å². The Bertz CT molecular complexity index is 3120. The molecule has 5 atom stereocenters. The van der Waals surface area contributed by atoms with Gasteiger partial charge in [-0.15, -0.1) is 0 Å². The third kappa shape index (κ3) is 11.3. The highest BCUT2D eigenvalue weighted by Gasteiger charge is 2.54. The quantitative estimate of drug-likeness (QED) is 0.0511. The third-order valence-corrected chi connectivity index (χ3v) is 11.0. The van der Waals surface area contributed by atoms with Crippen LogP contribution in [0.2, 0.25) is 0 Å². The van der Waals surface area contributed by atoms with Crippen molar-refractivity contribution in [1.82, 2.24) is 0 Å². The number of aromatic hydroxyl groups is 2. The fourth-order valence-corrected chi connectivity index (χ4v) is 7.56. The third-order valence-electron chi connectivity index (χ3n) is 11.0. The molecule has 0 bridgehead atoms. The van der Waals surface area contributed by atoms with Crippen LogP contribution in [-0.2, 0) is 33.2 Å². The SMILES string of the molecule is CCOC(=O)COc1cc(O[C@@H]2OC(COC(=O)c3ccccc3)[C@@H](OC(=O)c3ccccc3)C(OC(=O)c3ccccc3)[C@@H]2OC(=O)c2ccccc2)cc2oc(-c3ccc(O)c(O)c3)c(OC)c(=O)c12. The van der Waals surface area contributed by atoms with Gasteiger partial charge in [0.05, 0.1) is 36.0 Å². The molecule has 0 aliphatic carbocycles. The zero-order chi connectivity index (χ0) is 50.7. The van der Waals surface area contributed by atoms with Crippen LogP contribution in [0, 0.1) is 0 Å². The number of phenolic OH excluding ortho intramolecular Hbond substituents is 2. The highest BCUT2D eigenvalue weighted by Crippen LogP contribution is 2.40. The Morgan fingerprint density at radius 2 is 1.12 bits per heavy atom. The summed E-state index contributed by atoms with van der Waals surface area (Å²) in [5, 5.41) is 20.2. The van der Waals surface area contributed by atoms with Gasteiger partial charge in [0.15, 0.2) is 36.1 Å². The number of esters is 5. The fourth-order valence-electron chi connectivity index (χ4n) is 7.56. The van der Waals surface area contributed by atoms with Crippen LogP contribution in [0.4, 0.5) is 0 Å². The van der Waals surface area contributed by atoms with Crippen molar-refractivity contribution in [2.75, 3.05) is 26.9 Å². The molecule has 2 heterocycles. The second kappa shape index (κ2) is 22.5. The van der Waals surface area contributed by atoms with E-state index in [2.05, 4.69) is 0 Å². The van der Waals surface area contributed by atoms with Gasteiger partial charge in [0.25, 0.3) is 0 Å². The van der Waals surface area contributed by atoms with Gasteiger partial charge in [-0.25, -0.2) is 24.0 Å². The van der Waals surface area contributed by atoms with E-state index in [-0.39, 0.29) is 68.4 Å². The van der Waals surface area contributed by atoms with Crippen LogP contribution in [0.15, 0.2) is 161 Å². The van der Waals surface area contributed by atoms with E-state index >= 15 is 0 Å². The predicted octanol–water partition coefficient (Wildman–Crippen LogP) is 7.46. The van der Waals surface area contributed by atoms with Gasteiger partial charge < -0.3 is 57.3 Å². The van der Waals surface area contributed by atoms with Crippen molar-refractivity contribution >= 4 is 40.8 Å². The van der Waals surface area contributed by atoms with E-state index in [1.165, 1.54) is 73.8 Å². The highest BCUT2D eigenvalue weighted by molar-refractivity contribution is 5.92. The van der Waals surface area contributed by atoms with Crippen molar-refractivity contribution in [2.24, 2.45) is 0 Å². The van der Waals surface area contributed by atoms with Gasteiger partial charge in [-0.3, -0.25) is 4.79 Å². The number of phenols is 2. The monoisotopic (exact) mass is 980 g/mol. The summed E-state index contributed by atoms with van der Waals surface area (Å²) >= 11 is 0. The van der Waals surface area contributed by atoms with Crippen LogP contribution >= 0.6 is 0 Å². The van der Waals surface area contributed by atoms with Crippen molar-refractivity contribution in [3.63, 3.8) is 0 Å². The topological polar surface area (TPSA) is 239 Å². The van der Waals surface area contributed by atoms with Gasteiger partial charge in [-0.1, -0.05) is 72.8 Å². The minimum absolute atomic E-state index is 0.00644. The van der Waals surface area contributed by atoms with Gasteiger partial charge in [0, 0.05) is 17.7 Å². The van der Waals surface area contributed by atoms with Gasteiger partial charge in [-0.2, -0.15) is 0 Å². The standard InChI is InChI=1S/C54H44O18/c1-3-64-42(57)30-65-39-27-36(28-40-43(39)44(58)47(63-2)45(68-40)35-24-25-37(55)38(56)26-35)67-54-49(72-53(62)34-22-14-7-15-23-34)48(71-52(61)33-20-12-6-13-21-33)46(70-51(60)32-18-10-5-11-19-32)41(69-54)29-66-50(59)31-16-8-4-9-17-31/h4-28,41,46,48-49,54-56H,3,29-30H2,1-2H3/t41?,46-,48?,49+,54-/m1/s1. The van der Waals surface area contributed by atoms with Crippen molar-refractivity contribution < 1.29 is 81.2 Å². The van der Waals surface area contributed by atoms with E-state index < -0.39 is 90.7 Å². The van der Waals surface area contributed by atoms with Crippen LogP contribution < -0.4 is 19.6 Å². The number of methoxy groups -OCH3 is 1. The molecular weight excluding hydrogens is 937 g/mol. The molecule has 0 saturated carbocycles. The number of hydrogen-bond donors (Lipinski definition) is 2. The molecule has 6 aromatic carbocycles. The molecule has 72 heavy (non-hydrogen) atoms. The maximum absolute atomic E-state index is 14.3. The molecule has 8 rings (SSSR count). The van der Waals surface area contributed by atoms with Crippen molar-refractivity contribution in [3.8, 4) is 40.1 Å². The minimum atomic E-state index is -1.87. The molecule has 1 aliphatic rings. The van der Waals surface area contributed by atoms with Crippen LogP contribution in [0.5, 0.6) is 28.7 Å². The number of hydrogen-bond acceptors (Lipinski definition) is 18. The Morgan fingerprint density at radius 1 is 0.597 bits per heavy atom. The lowest BCUT2D eigenvalue weighted by molar-refractivity contribution is -0.275. The first kappa shape index (κ1) is 49.3. The maximum Gasteiger partial charge on any atom is 0.344 e. The molecule has 1 saturated heterocycles. The number of fused-ring (bicyclic) bond motifs is 1. The summed E-state index contributed by atoms with van der Waals surface area (Å²) in [5.74, 6) is -6.55. The zero-order valence-electron chi connectivity index (χ0n) is 38.4. The number of ether oxygens (including phenoxy) is 9. The Hall–Kier alpha value is -9.16. The average Bonchev–Trinajstić information content (AvgIpc) is 3.40. The van der Waals surface area contributed by atoms with Crippen LogP contribution in [0.1, 0.15) is 48.4 Å². The lowest BCUT2D eigenvalue weighted by Crippen LogP contribution is -2.63. The van der Waals surface area contributed by atoms with Crippen molar-refractivity contribution in [1.29, 1.82) is 0 Å². The molecule has 1 aliphatic heterocycles. The summed E-state index contributed by atoms with van der Waals surface area (Å²) < 4.78 is 59.9. The van der Waals surface area contributed by atoms with Gasteiger partial charge >= 0.3 is 29.8 Å². The molecule has 1 aromatic heterocycles. The zero-order valence-corrected chi connectivity index (χ0v) is 38.4. The van der Waals surface area contributed by atoms with Gasteiger partial charge in [0.1, 0.15) is 35.2 Å². The molecule has 0 amide bonds. The normalized spacial score (nSPS) is 17.2. The van der Waals surface area contributed by atoms with E-state index in [1.807, 2.05) is 0 Å². The average molecular weight is 981 g/mol. The first-order valence-electron chi connectivity index (χ1n) is 22.2. The van der Waals surface area contributed by atoms with Crippen molar-refractivity contribution in [3.05, 3.63) is 184 Å². The van der Waals surface area contributed by atoms with Crippen molar-refractivity contribution in [2.45, 2.75) is 37.6 Å². The summed E-state index contributed by atoms with van der Waals surface area (Å²) in [5.41, 5.74) is -0.617. The van der Waals surface area contributed by atoms with Gasteiger partial charge in [-0.05, 0) is 73.7 Å². The largest absolute Gasteiger partial charge is 0.504 e. The summed E-state index contributed by atoms with van der Waals surface area (Å²) in [6, 6.07) is 37.4. The summed E-state index contributed by atoms with van der Waals surface area (Å²) in [6.07, 6.45) is -8.75. The molecule has 2 N–H and O–H groups in total. The number of benzene rings is 6. The number of rotatable bonds is 17. The maximum atomic E-state index is 14.3. The van der Waals surface area contributed by atoms with Crippen LogP contribution in [0.3, 0.4) is 0 Å². The summed E-state index contributed by atoms with van der Waals surface area (Å²) in [7, 11) is 1.20. The van der Waals surface area contributed by atoms with Crippen LogP contribution in [-0.4, -0.2) is 97.7 Å².